The third-order valence-electron chi connectivity index (χ3n) is 4.51. The van der Waals surface area contributed by atoms with Crippen LogP contribution in [0.1, 0.15) is 19.4 Å². The van der Waals surface area contributed by atoms with Gasteiger partial charge in [0.15, 0.2) is 0 Å². The number of fused-ring (bicyclic) bond motifs is 1. The topological polar surface area (TPSA) is 19.0 Å². The second-order valence-corrected chi connectivity index (χ2v) is 6.64. The summed E-state index contributed by atoms with van der Waals surface area (Å²) in [5.74, 6) is 1.82. The molecule has 0 aliphatic carbocycles. The Morgan fingerprint density at radius 3 is 2.54 bits per heavy atom. The maximum absolute atomic E-state index is 5.85. The molecule has 0 unspecified atom stereocenters. The molecule has 2 rings (SSSR count). The van der Waals surface area contributed by atoms with Crippen LogP contribution in [-0.4, -0.2) is 39.2 Å². The van der Waals surface area contributed by atoms with Crippen molar-refractivity contribution in [3.63, 3.8) is 0 Å². The third kappa shape index (κ3) is 4.20. The molecule has 1 aromatic rings. The Labute approximate surface area is 158 Å². The molecule has 0 radical (unpaired) electrons. The molecule has 0 atom stereocenters. The van der Waals surface area contributed by atoms with Crippen molar-refractivity contribution in [1.82, 2.24) is 4.90 Å². The molecule has 0 aromatic heterocycles. The van der Waals surface area contributed by atoms with Crippen molar-refractivity contribution < 1.29 is 4.74 Å². The van der Waals surface area contributed by atoms with Crippen LogP contribution in [0, 0.1) is 6.92 Å². The molecule has 1 heterocycles. The van der Waals surface area contributed by atoms with Crippen molar-refractivity contribution in [2.75, 3.05) is 44.1 Å². The fraction of sp³-hybridized carbons (Fsp3) is 0.364. The van der Waals surface area contributed by atoms with Crippen LogP contribution in [0.5, 0.6) is 0 Å². The number of hydrogen-bond acceptors (Lipinski definition) is 4. The molecule has 0 fully saturated rings. The normalized spacial score (nSPS) is 15.4. The minimum atomic E-state index is 0.670. The SMILES string of the molecule is C=C1N(C)c2cccc(C)c2N1C(/C=C\C(=C/C)OCCN(C)C)=C/C. The number of anilines is 2. The highest BCUT2D eigenvalue weighted by Gasteiger charge is 2.30. The predicted octanol–water partition coefficient (Wildman–Crippen LogP) is 4.66. The summed E-state index contributed by atoms with van der Waals surface area (Å²) < 4.78 is 5.85. The Hall–Kier alpha value is -2.46. The van der Waals surface area contributed by atoms with Gasteiger partial charge in [-0.3, -0.25) is 4.90 Å². The van der Waals surface area contributed by atoms with E-state index in [-0.39, 0.29) is 0 Å². The molecule has 4 nitrogen and oxygen atoms in total. The van der Waals surface area contributed by atoms with Gasteiger partial charge in [0, 0.05) is 19.3 Å². The van der Waals surface area contributed by atoms with Gasteiger partial charge in [-0.25, -0.2) is 0 Å². The van der Waals surface area contributed by atoms with Crippen molar-refractivity contribution in [3.8, 4) is 0 Å². The number of allylic oxidation sites excluding steroid dienone is 4. The highest BCUT2D eigenvalue weighted by molar-refractivity contribution is 5.87. The molecule has 1 aliphatic rings. The highest BCUT2D eigenvalue weighted by Crippen LogP contribution is 2.44. The van der Waals surface area contributed by atoms with E-state index in [1.807, 2.05) is 40.1 Å². The van der Waals surface area contributed by atoms with E-state index in [0.29, 0.717) is 6.61 Å². The van der Waals surface area contributed by atoms with E-state index in [4.69, 9.17) is 4.74 Å². The first-order valence-electron chi connectivity index (χ1n) is 9.01. The van der Waals surface area contributed by atoms with E-state index in [0.717, 1.165) is 23.8 Å². The Morgan fingerprint density at radius 2 is 1.92 bits per heavy atom. The molecule has 0 amide bonds. The zero-order chi connectivity index (χ0) is 19.3. The Kier molecular flexibility index (Phi) is 6.70. The van der Waals surface area contributed by atoms with Gasteiger partial charge in [-0.2, -0.15) is 0 Å². The summed E-state index contributed by atoms with van der Waals surface area (Å²) in [6, 6.07) is 6.35. The standard InChI is InChI=1S/C22H31N3O/c1-8-19(13-14-20(9-2)26-16-15-23(5)6)25-18(4)24(7)21-12-10-11-17(3)22(21)25/h8-14H,4,15-16H2,1-3,5-7H3/b14-13-,19-8+,20-9+. The first kappa shape index (κ1) is 19.9. The van der Waals surface area contributed by atoms with E-state index in [1.165, 1.54) is 16.9 Å². The molecule has 0 bridgehead atoms. The predicted molar refractivity (Wildman–Crippen MR) is 112 cm³/mol. The van der Waals surface area contributed by atoms with Gasteiger partial charge in [-0.15, -0.1) is 0 Å². The van der Waals surface area contributed by atoms with Gasteiger partial charge in [0.1, 0.15) is 18.2 Å². The van der Waals surface area contributed by atoms with Crippen LogP contribution < -0.4 is 9.80 Å². The quantitative estimate of drug-likeness (QED) is 0.524. The Bertz CT molecular complexity index is 744. The van der Waals surface area contributed by atoms with Gasteiger partial charge < -0.3 is 14.5 Å². The minimum absolute atomic E-state index is 0.670. The highest BCUT2D eigenvalue weighted by atomic mass is 16.5. The lowest BCUT2D eigenvalue weighted by molar-refractivity contribution is 0.192. The summed E-state index contributed by atoms with van der Waals surface area (Å²) in [5.41, 5.74) is 4.67. The molecule has 1 aliphatic heterocycles. The Balaban J connectivity index is 2.23. The summed E-state index contributed by atoms with van der Waals surface area (Å²) in [6.45, 7) is 12.0. The number of nitrogens with zero attached hydrogens (tertiary/aromatic N) is 3. The fourth-order valence-corrected chi connectivity index (χ4v) is 2.94. The minimum Gasteiger partial charge on any atom is -0.493 e. The average Bonchev–Trinajstić information content (AvgIpc) is 2.87. The van der Waals surface area contributed by atoms with E-state index < -0.39 is 0 Å². The lowest BCUT2D eigenvalue weighted by Crippen LogP contribution is -2.23. The van der Waals surface area contributed by atoms with E-state index in [9.17, 15) is 0 Å². The molecule has 140 valence electrons. The maximum Gasteiger partial charge on any atom is 0.115 e. The molecule has 0 saturated carbocycles. The molecular weight excluding hydrogens is 322 g/mol. The van der Waals surface area contributed by atoms with Gasteiger partial charge in [0.2, 0.25) is 0 Å². The van der Waals surface area contributed by atoms with Crippen molar-refractivity contribution >= 4 is 11.4 Å². The van der Waals surface area contributed by atoms with E-state index in [1.54, 1.807) is 0 Å². The van der Waals surface area contributed by atoms with Gasteiger partial charge in [0.05, 0.1) is 11.4 Å². The molecule has 1 aromatic carbocycles. The maximum atomic E-state index is 5.85. The molecule has 0 N–H and O–H groups in total. The molecular formula is C22H31N3O. The molecule has 26 heavy (non-hydrogen) atoms. The van der Waals surface area contributed by atoms with Gasteiger partial charge in [0.25, 0.3) is 0 Å². The number of para-hydroxylation sites is 1. The van der Waals surface area contributed by atoms with E-state index >= 15 is 0 Å². The van der Waals surface area contributed by atoms with E-state index in [2.05, 4.69) is 65.6 Å². The number of ether oxygens (including phenoxy) is 1. The first-order chi connectivity index (χ1) is 12.4. The fourth-order valence-electron chi connectivity index (χ4n) is 2.94. The number of benzene rings is 1. The number of rotatable bonds is 7. The number of aryl methyl sites for hydroxylation is 1. The summed E-state index contributed by atoms with van der Waals surface area (Å²) in [7, 11) is 6.14. The van der Waals surface area contributed by atoms with Crippen molar-refractivity contribution in [1.29, 1.82) is 0 Å². The van der Waals surface area contributed by atoms with Crippen LogP contribution in [0.2, 0.25) is 0 Å². The molecule has 0 saturated heterocycles. The third-order valence-corrected chi connectivity index (χ3v) is 4.51. The van der Waals surface area contributed by atoms with Crippen molar-refractivity contribution in [2.24, 2.45) is 0 Å². The zero-order valence-corrected chi connectivity index (χ0v) is 16.9. The second kappa shape index (κ2) is 8.77. The van der Waals surface area contributed by atoms with Crippen LogP contribution in [0.3, 0.4) is 0 Å². The van der Waals surface area contributed by atoms with Crippen LogP contribution in [-0.2, 0) is 4.74 Å². The van der Waals surface area contributed by atoms with Crippen molar-refractivity contribution in [3.05, 3.63) is 71.9 Å². The van der Waals surface area contributed by atoms with Gasteiger partial charge >= 0.3 is 0 Å². The van der Waals surface area contributed by atoms with Gasteiger partial charge in [-0.1, -0.05) is 24.8 Å². The molecule has 0 spiro atoms. The van der Waals surface area contributed by atoms with Crippen LogP contribution >= 0.6 is 0 Å². The summed E-state index contributed by atoms with van der Waals surface area (Å²) in [5, 5.41) is 0. The zero-order valence-electron chi connectivity index (χ0n) is 16.9. The lowest BCUT2D eigenvalue weighted by atomic mass is 10.1. The van der Waals surface area contributed by atoms with Crippen molar-refractivity contribution in [2.45, 2.75) is 20.8 Å². The largest absolute Gasteiger partial charge is 0.493 e. The Morgan fingerprint density at radius 1 is 1.19 bits per heavy atom. The van der Waals surface area contributed by atoms with Crippen LogP contribution in [0.4, 0.5) is 11.4 Å². The second-order valence-electron chi connectivity index (χ2n) is 6.64. The summed E-state index contributed by atoms with van der Waals surface area (Å²) >= 11 is 0. The monoisotopic (exact) mass is 353 g/mol. The first-order valence-corrected chi connectivity index (χ1v) is 9.01. The average molecular weight is 354 g/mol. The summed E-state index contributed by atoms with van der Waals surface area (Å²) in [6.07, 6.45) is 8.20. The lowest BCUT2D eigenvalue weighted by Gasteiger charge is -2.23. The summed E-state index contributed by atoms with van der Waals surface area (Å²) in [4.78, 5) is 6.44. The van der Waals surface area contributed by atoms with Crippen LogP contribution in [0.15, 0.2) is 66.4 Å². The number of hydrogen-bond donors (Lipinski definition) is 0. The van der Waals surface area contributed by atoms with Gasteiger partial charge in [-0.05, 0) is 64.7 Å². The number of likely N-dealkylation sites (N-methyl/N-ethyl adjacent to an activating group) is 1. The molecule has 4 heteroatoms. The van der Waals surface area contributed by atoms with Crippen LogP contribution in [0.25, 0.3) is 0 Å². The smallest absolute Gasteiger partial charge is 0.115 e.